The monoisotopic (exact) mass is 281 g/mol. The van der Waals surface area contributed by atoms with E-state index in [2.05, 4.69) is 9.82 Å². The van der Waals surface area contributed by atoms with Gasteiger partial charge in [0.05, 0.1) is 23.7 Å². The molecule has 6 nitrogen and oxygen atoms in total. The Hall–Kier alpha value is -1.70. The van der Waals surface area contributed by atoms with E-state index in [0.717, 1.165) is 5.69 Å². The highest BCUT2D eigenvalue weighted by Gasteiger charge is 2.17. The van der Waals surface area contributed by atoms with E-state index in [1.54, 1.807) is 42.2 Å². The van der Waals surface area contributed by atoms with Crippen molar-refractivity contribution in [3.63, 3.8) is 0 Å². The Bertz CT molecular complexity index is 664. The van der Waals surface area contributed by atoms with Crippen LogP contribution in [0, 0.1) is 0 Å². The number of nitrogens with one attached hydrogen (secondary N) is 1. The van der Waals surface area contributed by atoms with E-state index < -0.39 is 10.0 Å². The Labute approximate surface area is 111 Å². The minimum Gasteiger partial charge on any atom is -0.392 e. The normalized spacial score (nSPS) is 11.7. The van der Waals surface area contributed by atoms with Crippen LogP contribution >= 0.6 is 0 Å². The van der Waals surface area contributed by atoms with Crippen LogP contribution < -0.4 is 4.72 Å². The van der Waals surface area contributed by atoms with E-state index in [1.165, 1.54) is 6.07 Å². The van der Waals surface area contributed by atoms with Crippen LogP contribution in [0.5, 0.6) is 0 Å². The van der Waals surface area contributed by atoms with Crippen LogP contribution in [0.25, 0.3) is 0 Å². The first-order valence-electron chi connectivity index (χ1n) is 5.70. The standard InChI is InChI=1S/C12H15N3O3S/c1-15-11(6-7-13-15)8-14-19(17,18)12-5-3-2-4-10(12)9-16/h2-7,14,16H,8-9H2,1H3. The summed E-state index contributed by atoms with van der Waals surface area (Å²) in [6.07, 6.45) is 1.60. The van der Waals surface area contributed by atoms with Gasteiger partial charge in [-0.05, 0) is 17.7 Å². The van der Waals surface area contributed by atoms with Crippen LogP contribution in [0.15, 0.2) is 41.4 Å². The van der Waals surface area contributed by atoms with Gasteiger partial charge in [0.15, 0.2) is 0 Å². The van der Waals surface area contributed by atoms with Gasteiger partial charge in [-0.25, -0.2) is 13.1 Å². The van der Waals surface area contributed by atoms with Gasteiger partial charge in [-0.2, -0.15) is 5.10 Å². The number of aromatic nitrogens is 2. The number of nitrogens with zero attached hydrogens (tertiary/aromatic N) is 2. The minimum absolute atomic E-state index is 0.0969. The zero-order valence-electron chi connectivity index (χ0n) is 10.4. The first kappa shape index (κ1) is 13.7. The summed E-state index contributed by atoms with van der Waals surface area (Å²) >= 11 is 0. The molecule has 1 aromatic heterocycles. The summed E-state index contributed by atoms with van der Waals surface area (Å²) in [6, 6.07) is 8.10. The SMILES string of the molecule is Cn1nccc1CNS(=O)(=O)c1ccccc1CO. The van der Waals surface area contributed by atoms with Crippen molar-refractivity contribution >= 4 is 10.0 Å². The first-order valence-corrected chi connectivity index (χ1v) is 7.18. The maximum absolute atomic E-state index is 12.2. The van der Waals surface area contributed by atoms with Crippen molar-refractivity contribution in [2.75, 3.05) is 0 Å². The fraction of sp³-hybridized carbons (Fsp3) is 0.250. The lowest BCUT2D eigenvalue weighted by Crippen LogP contribution is -2.25. The van der Waals surface area contributed by atoms with Gasteiger partial charge in [-0.15, -0.1) is 0 Å². The highest BCUT2D eigenvalue weighted by atomic mass is 32.2. The average molecular weight is 281 g/mol. The smallest absolute Gasteiger partial charge is 0.241 e. The van der Waals surface area contributed by atoms with E-state index in [1.807, 2.05) is 0 Å². The quantitative estimate of drug-likeness (QED) is 0.830. The van der Waals surface area contributed by atoms with E-state index in [-0.39, 0.29) is 18.0 Å². The lowest BCUT2D eigenvalue weighted by Gasteiger charge is -2.10. The topological polar surface area (TPSA) is 84.2 Å². The van der Waals surface area contributed by atoms with Crippen LogP contribution in [0.4, 0.5) is 0 Å². The van der Waals surface area contributed by atoms with E-state index in [9.17, 15) is 13.5 Å². The summed E-state index contributed by atoms with van der Waals surface area (Å²) in [6.45, 7) is -0.165. The van der Waals surface area contributed by atoms with Gasteiger partial charge in [0.25, 0.3) is 0 Å². The van der Waals surface area contributed by atoms with Gasteiger partial charge in [0.2, 0.25) is 10.0 Å². The van der Waals surface area contributed by atoms with Gasteiger partial charge in [-0.1, -0.05) is 18.2 Å². The molecule has 7 heteroatoms. The zero-order chi connectivity index (χ0) is 13.9. The summed E-state index contributed by atoms with van der Waals surface area (Å²) in [5.74, 6) is 0. The molecule has 0 atom stereocenters. The highest BCUT2D eigenvalue weighted by Crippen LogP contribution is 2.15. The second-order valence-corrected chi connectivity index (χ2v) is 5.77. The number of aliphatic hydroxyl groups is 1. The summed E-state index contributed by atoms with van der Waals surface area (Å²) in [4.78, 5) is 0.0969. The molecule has 0 radical (unpaired) electrons. The number of benzene rings is 1. The molecule has 19 heavy (non-hydrogen) atoms. The molecule has 0 aliphatic carbocycles. The van der Waals surface area contributed by atoms with Gasteiger partial charge in [-0.3, -0.25) is 4.68 Å². The van der Waals surface area contributed by atoms with Gasteiger partial charge < -0.3 is 5.11 Å². The minimum atomic E-state index is -3.65. The third kappa shape index (κ3) is 3.01. The number of rotatable bonds is 5. The summed E-state index contributed by atoms with van der Waals surface area (Å²) in [5.41, 5.74) is 1.13. The second-order valence-electron chi connectivity index (χ2n) is 4.04. The van der Waals surface area contributed by atoms with Crippen LogP contribution in [0.2, 0.25) is 0 Å². The van der Waals surface area contributed by atoms with E-state index in [4.69, 9.17) is 0 Å². The molecule has 2 aromatic rings. The average Bonchev–Trinajstić information content (AvgIpc) is 2.82. The van der Waals surface area contributed by atoms with Crippen molar-refractivity contribution in [3.8, 4) is 0 Å². The van der Waals surface area contributed by atoms with Crippen molar-refractivity contribution in [2.24, 2.45) is 7.05 Å². The Morgan fingerprint density at radius 3 is 2.68 bits per heavy atom. The summed E-state index contributed by atoms with van der Waals surface area (Å²) < 4.78 is 28.4. The molecule has 0 saturated carbocycles. The molecule has 0 unspecified atom stereocenters. The van der Waals surface area contributed by atoms with Crippen LogP contribution in [0.3, 0.4) is 0 Å². The molecule has 1 heterocycles. The Morgan fingerprint density at radius 2 is 2.05 bits per heavy atom. The van der Waals surface area contributed by atoms with E-state index >= 15 is 0 Å². The lowest BCUT2D eigenvalue weighted by molar-refractivity contribution is 0.278. The Kier molecular flexibility index (Phi) is 3.98. The van der Waals surface area contributed by atoms with Crippen LogP contribution in [-0.4, -0.2) is 23.3 Å². The third-order valence-corrected chi connectivity index (χ3v) is 4.30. The fourth-order valence-electron chi connectivity index (χ4n) is 1.72. The molecule has 0 aliphatic rings. The predicted molar refractivity (Wildman–Crippen MR) is 69.6 cm³/mol. The van der Waals surface area contributed by atoms with Crippen LogP contribution in [0.1, 0.15) is 11.3 Å². The molecule has 0 aliphatic heterocycles. The molecule has 0 saturated heterocycles. The molecular formula is C12H15N3O3S. The van der Waals surface area contributed by atoms with Gasteiger partial charge in [0, 0.05) is 13.2 Å². The number of sulfonamides is 1. The summed E-state index contributed by atoms with van der Waals surface area (Å²) in [5, 5.41) is 13.1. The van der Waals surface area contributed by atoms with Crippen molar-refractivity contribution in [1.82, 2.24) is 14.5 Å². The first-order chi connectivity index (χ1) is 9.04. The molecule has 1 aromatic carbocycles. The predicted octanol–water partition coefficient (Wildman–Crippen LogP) is 0.391. The molecule has 0 fully saturated rings. The lowest BCUT2D eigenvalue weighted by atomic mass is 10.2. The maximum Gasteiger partial charge on any atom is 0.241 e. The van der Waals surface area contributed by atoms with Crippen molar-refractivity contribution in [3.05, 3.63) is 47.8 Å². The van der Waals surface area contributed by atoms with E-state index in [0.29, 0.717) is 5.56 Å². The molecule has 0 amide bonds. The number of hydrogen-bond donors (Lipinski definition) is 2. The summed E-state index contributed by atoms with van der Waals surface area (Å²) in [7, 11) is -1.91. The zero-order valence-corrected chi connectivity index (χ0v) is 11.3. The number of aliphatic hydroxyl groups excluding tert-OH is 1. The molecule has 2 N–H and O–H groups in total. The molecule has 2 rings (SSSR count). The second kappa shape index (κ2) is 5.52. The molecular weight excluding hydrogens is 266 g/mol. The molecule has 0 spiro atoms. The fourth-order valence-corrected chi connectivity index (χ4v) is 2.95. The molecule has 102 valence electrons. The Morgan fingerprint density at radius 1 is 1.32 bits per heavy atom. The highest BCUT2D eigenvalue weighted by molar-refractivity contribution is 7.89. The largest absolute Gasteiger partial charge is 0.392 e. The maximum atomic E-state index is 12.2. The number of aryl methyl sites for hydroxylation is 1. The molecule has 0 bridgehead atoms. The Balaban J connectivity index is 2.21. The van der Waals surface area contributed by atoms with Gasteiger partial charge in [0.1, 0.15) is 0 Å². The van der Waals surface area contributed by atoms with Crippen LogP contribution in [-0.2, 0) is 30.2 Å². The third-order valence-electron chi connectivity index (χ3n) is 2.80. The van der Waals surface area contributed by atoms with Crippen molar-refractivity contribution < 1.29 is 13.5 Å². The number of hydrogen-bond acceptors (Lipinski definition) is 4. The van der Waals surface area contributed by atoms with Gasteiger partial charge >= 0.3 is 0 Å². The van der Waals surface area contributed by atoms with Crippen molar-refractivity contribution in [2.45, 2.75) is 18.0 Å². The van der Waals surface area contributed by atoms with Crippen molar-refractivity contribution in [1.29, 1.82) is 0 Å².